The van der Waals surface area contributed by atoms with Crippen LogP contribution in [-0.4, -0.2) is 34.3 Å². The van der Waals surface area contributed by atoms with Crippen LogP contribution in [0.15, 0.2) is 29.0 Å². The molecule has 17 heavy (non-hydrogen) atoms. The summed E-state index contributed by atoms with van der Waals surface area (Å²) in [7, 11) is 0. The maximum atomic E-state index is 9.59. The van der Waals surface area contributed by atoms with Gasteiger partial charge in [-0.3, -0.25) is 9.97 Å². The van der Waals surface area contributed by atoms with Crippen molar-refractivity contribution in [1.82, 2.24) is 9.97 Å². The Morgan fingerprint density at radius 3 is 3.06 bits per heavy atom. The summed E-state index contributed by atoms with van der Waals surface area (Å²) in [6, 6.07) is 3.92. The highest BCUT2D eigenvalue weighted by atomic mass is 79.9. The summed E-state index contributed by atoms with van der Waals surface area (Å²) in [5.41, 5.74) is 2.82. The Morgan fingerprint density at radius 1 is 1.41 bits per heavy atom. The van der Waals surface area contributed by atoms with Gasteiger partial charge < -0.3 is 10.0 Å². The predicted molar refractivity (Wildman–Crippen MR) is 70.1 cm³/mol. The number of nitrogens with zero attached hydrogens (tertiary/aromatic N) is 3. The number of pyridine rings is 2. The van der Waals surface area contributed by atoms with Crippen molar-refractivity contribution >= 4 is 32.7 Å². The highest BCUT2D eigenvalue weighted by Crippen LogP contribution is 2.27. The molecule has 5 heteroatoms. The van der Waals surface area contributed by atoms with Gasteiger partial charge in [-0.25, -0.2) is 0 Å². The summed E-state index contributed by atoms with van der Waals surface area (Å²) in [4.78, 5) is 10.9. The minimum absolute atomic E-state index is 0.228. The van der Waals surface area contributed by atoms with Crippen molar-refractivity contribution in [2.45, 2.75) is 12.5 Å². The molecule has 0 amide bonds. The quantitative estimate of drug-likeness (QED) is 0.873. The molecule has 1 fully saturated rings. The molecule has 1 aliphatic rings. The smallest absolute Gasteiger partial charge is 0.112 e. The molecule has 0 bridgehead atoms. The zero-order chi connectivity index (χ0) is 11.8. The van der Waals surface area contributed by atoms with Gasteiger partial charge in [0.15, 0.2) is 0 Å². The molecule has 4 nitrogen and oxygen atoms in total. The van der Waals surface area contributed by atoms with E-state index in [1.165, 1.54) is 0 Å². The number of fused-ring (bicyclic) bond motifs is 1. The van der Waals surface area contributed by atoms with E-state index in [0.29, 0.717) is 6.54 Å². The summed E-state index contributed by atoms with van der Waals surface area (Å²) in [6.45, 7) is 1.55. The van der Waals surface area contributed by atoms with Crippen molar-refractivity contribution in [1.29, 1.82) is 0 Å². The van der Waals surface area contributed by atoms with Crippen molar-refractivity contribution in [3.63, 3.8) is 0 Å². The SMILES string of the molecule is OC1CCN(c2ccnc3cc(Br)cnc23)C1. The first-order valence-corrected chi connectivity index (χ1v) is 6.36. The van der Waals surface area contributed by atoms with Crippen molar-refractivity contribution < 1.29 is 5.11 Å². The Kier molecular flexibility index (Phi) is 2.72. The predicted octanol–water partition coefficient (Wildman–Crippen LogP) is 1.96. The van der Waals surface area contributed by atoms with E-state index in [0.717, 1.165) is 34.2 Å². The number of β-amino-alcohol motifs (C(OH)–C–C–N with tert-alkyl or cyclic N) is 1. The average molecular weight is 294 g/mol. The molecule has 0 saturated carbocycles. The highest BCUT2D eigenvalue weighted by Gasteiger charge is 2.22. The molecule has 0 radical (unpaired) electrons. The molecule has 88 valence electrons. The van der Waals surface area contributed by atoms with Gasteiger partial charge in [-0.15, -0.1) is 0 Å². The standard InChI is InChI=1S/C12H12BrN3O/c13-8-5-10-12(15-6-8)11(1-3-14-10)16-4-2-9(17)7-16/h1,3,5-6,9,17H,2,4,7H2. The number of rotatable bonds is 1. The van der Waals surface area contributed by atoms with Gasteiger partial charge in [0.05, 0.1) is 17.3 Å². The second-order valence-electron chi connectivity index (χ2n) is 4.24. The second-order valence-corrected chi connectivity index (χ2v) is 5.16. The molecule has 2 aromatic rings. The normalized spacial score (nSPS) is 20.1. The van der Waals surface area contributed by atoms with Crippen LogP contribution in [-0.2, 0) is 0 Å². The Bertz CT molecular complexity index is 560. The lowest BCUT2D eigenvalue weighted by atomic mass is 10.2. The van der Waals surface area contributed by atoms with Gasteiger partial charge in [0.2, 0.25) is 0 Å². The number of anilines is 1. The summed E-state index contributed by atoms with van der Waals surface area (Å²) in [5.74, 6) is 0. The van der Waals surface area contributed by atoms with E-state index in [1.807, 2.05) is 12.1 Å². The number of aliphatic hydroxyl groups is 1. The Hall–Kier alpha value is -1.20. The van der Waals surface area contributed by atoms with Crippen LogP contribution < -0.4 is 4.90 Å². The number of hydrogen-bond acceptors (Lipinski definition) is 4. The molecule has 0 aromatic carbocycles. The second kappa shape index (κ2) is 4.23. The van der Waals surface area contributed by atoms with E-state index < -0.39 is 0 Å². The fourth-order valence-corrected chi connectivity index (χ4v) is 2.53. The minimum atomic E-state index is -0.228. The van der Waals surface area contributed by atoms with Crippen molar-refractivity contribution in [3.05, 3.63) is 29.0 Å². The van der Waals surface area contributed by atoms with Crippen LogP contribution in [0.2, 0.25) is 0 Å². The third-order valence-electron chi connectivity index (χ3n) is 3.03. The highest BCUT2D eigenvalue weighted by molar-refractivity contribution is 9.10. The van der Waals surface area contributed by atoms with Crippen LogP contribution in [0.5, 0.6) is 0 Å². The summed E-state index contributed by atoms with van der Waals surface area (Å²) >= 11 is 3.39. The number of aliphatic hydroxyl groups excluding tert-OH is 1. The molecule has 1 saturated heterocycles. The van der Waals surface area contributed by atoms with Gasteiger partial charge >= 0.3 is 0 Å². The zero-order valence-corrected chi connectivity index (χ0v) is 10.8. The molecular weight excluding hydrogens is 282 g/mol. The number of halogens is 1. The lowest BCUT2D eigenvalue weighted by Crippen LogP contribution is -2.21. The first-order valence-electron chi connectivity index (χ1n) is 5.57. The maximum Gasteiger partial charge on any atom is 0.112 e. The molecular formula is C12H12BrN3O. The maximum absolute atomic E-state index is 9.59. The van der Waals surface area contributed by atoms with Gasteiger partial charge in [0.1, 0.15) is 5.52 Å². The molecule has 0 spiro atoms. The van der Waals surface area contributed by atoms with Gasteiger partial charge in [0, 0.05) is 30.0 Å². The molecule has 1 atom stereocenters. The van der Waals surface area contributed by atoms with Gasteiger partial charge in [-0.1, -0.05) is 0 Å². The van der Waals surface area contributed by atoms with Gasteiger partial charge in [-0.05, 0) is 34.5 Å². The van der Waals surface area contributed by atoms with Crippen molar-refractivity contribution in [2.75, 3.05) is 18.0 Å². The van der Waals surface area contributed by atoms with E-state index in [1.54, 1.807) is 12.4 Å². The average Bonchev–Trinajstić information content (AvgIpc) is 2.74. The van der Waals surface area contributed by atoms with Crippen LogP contribution in [0, 0.1) is 0 Å². The minimum Gasteiger partial charge on any atom is -0.391 e. The van der Waals surface area contributed by atoms with Crippen LogP contribution in [0.4, 0.5) is 5.69 Å². The topological polar surface area (TPSA) is 49.2 Å². The molecule has 1 unspecified atom stereocenters. The van der Waals surface area contributed by atoms with Gasteiger partial charge in [-0.2, -0.15) is 0 Å². The zero-order valence-electron chi connectivity index (χ0n) is 9.17. The van der Waals surface area contributed by atoms with E-state index in [-0.39, 0.29) is 6.10 Å². The third kappa shape index (κ3) is 2.00. The van der Waals surface area contributed by atoms with Crippen molar-refractivity contribution in [3.8, 4) is 0 Å². The van der Waals surface area contributed by atoms with Crippen LogP contribution in [0.25, 0.3) is 11.0 Å². The molecule has 1 aliphatic heterocycles. The fourth-order valence-electron chi connectivity index (χ4n) is 2.21. The fraction of sp³-hybridized carbons (Fsp3) is 0.333. The lowest BCUT2D eigenvalue weighted by Gasteiger charge is -2.18. The summed E-state index contributed by atoms with van der Waals surface area (Å²) < 4.78 is 0.927. The molecule has 3 rings (SSSR count). The monoisotopic (exact) mass is 293 g/mol. The molecule has 0 aliphatic carbocycles. The Labute approximate surface area is 107 Å². The first kappa shape index (κ1) is 10.9. The number of aromatic nitrogens is 2. The van der Waals surface area contributed by atoms with E-state index >= 15 is 0 Å². The third-order valence-corrected chi connectivity index (χ3v) is 3.46. The van der Waals surface area contributed by atoms with Gasteiger partial charge in [0.25, 0.3) is 0 Å². The largest absolute Gasteiger partial charge is 0.391 e. The summed E-state index contributed by atoms with van der Waals surface area (Å²) in [6.07, 6.45) is 4.16. The van der Waals surface area contributed by atoms with Crippen LogP contribution in [0.3, 0.4) is 0 Å². The lowest BCUT2D eigenvalue weighted by molar-refractivity contribution is 0.198. The molecule has 2 aromatic heterocycles. The molecule has 3 heterocycles. The Balaban J connectivity index is 2.10. The Morgan fingerprint density at radius 2 is 2.29 bits per heavy atom. The molecule has 1 N–H and O–H groups in total. The van der Waals surface area contributed by atoms with E-state index in [2.05, 4.69) is 30.8 Å². The van der Waals surface area contributed by atoms with E-state index in [9.17, 15) is 5.11 Å². The summed E-state index contributed by atoms with van der Waals surface area (Å²) in [5, 5.41) is 9.59. The van der Waals surface area contributed by atoms with E-state index in [4.69, 9.17) is 0 Å². The van der Waals surface area contributed by atoms with Crippen LogP contribution >= 0.6 is 15.9 Å². The first-order chi connectivity index (χ1) is 8.24. The van der Waals surface area contributed by atoms with Crippen LogP contribution in [0.1, 0.15) is 6.42 Å². The number of hydrogen-bond donors (Lipinski definition) is 1. The van der Waals surface area contributed by atoms with Crippen molar-refractivity contribution in [2.24, 2.45) is 0 Å².